The molecule has 0 aliphatic carbocycles. The van der Waals surface area contributed by atoms with E-state index < -0.39 is 11.9 Å². The van der Waals surface area contributed by atoms with Crippen LogP contribution < -0.4 is 24.4 Å². The molecule has 0 aromatic heterocycles. The largest absolute Gasteiger partial charge is 0.494 e. The van der Waals surface area contributed by atoms with Crippen LogP contribution in [-0.2, 0) is 4.79 Å². The number of carbonyl (C=O) groups is 2. The molecule has 0 atom stereocenters. The quantitative estimate of drug-likeness (QED) is 0.0827. The van der Waals surface area contributed by atoms with Crippen molar-refractivity contribution in [1.29, 1.82) is 0 Å². The third-order valence-corrected chi connectivity index (χ3v) is 5.74. The summed E-state index contributed by atoms with van der Waals surface area (Å²) in [5.41, 5.74) is 3.46. The minimum atomic E-state index is -0.520. The maximum atomic E-state index is 12.6. The summed E-state index contributed by atoms with van der Waals surface area (Å²) in [6, 6.07) is 25.3. The van der Waals surface area contributed by atoms with Gasteiger partial charge in [0.1, 0.15) is 11.5 Å². The molecule has 1 amide bonds. The Morgan fingerprint density at radius 3 is 2.38 bits per heavy atom. The zero-order valence-corrected chi connectivity index (χ0v) is 21.9. The van der Waals surface area contributed by atoms with Crippen molar-refractivity contribution in [2.24, 2.45) is 5.10 Å². The number of amides is 1. The Bertz CT molecular complexity index is 1450. The van der Waals surface area contributed by atoms with Crippen molar-refractivity contribution in [2.75, 3.05) is 20.3 Å². The Labute approximate surface area is 227 Å². The summed E-state index contributed by atoms with van der Waals surface area (Å²) in [7, 11) is 1.47. The molecule has 0 heterocycles. The highest BCUT2D eigenvalue weighted by molar-refractivity contribution is 5.92. The first-order valence-corrected chi connectivity index (χ1v) is 12.6. The monoisotopic (exact) mass is 526 g/mol. The number of unbranched alkanes of at least 4 members (excludes halogenated alkanes) is 1. The Morgan fingerprint density at radius 2 is 1.62 bits per heavy atom. The van der Waals surface area contributed by atoms with E-state index in [0.29, 0.717) is 35.0 Å². The number of rotatable bonds is 12. The van der Waals surface area contributed by atoms with Crippen LogP contribution in [0.15, 0.2) is 90.0 Å². The third-order valence-electron chi connectivity index (χ3n) is 5.74. The van der Waals surface area contributed by atoms with E-state index in [1.807, 2.05) is 42.5 Å². The van der Waals surface area contributed by atoms with Crippen LogP contribution in [0.3, 0.4) is 0 Å². The average molecular weight is 527 g/mol. The van der Waals surface area contributed by atoms with Gasteiger partial charge in [-0.25, -0.2) is 10.2 Å². The number of ether oxygens (including phenoxy) is 4. The highest BCUT2D eigenvalue weighted by atomic mass is 16.6. The van der Waals surface area contributed by atoms with Gasteiger partial charge < -0.3 is 18.9 Å². The van der Waals surface area contributed by atoms with Gasteiger partial charge in [-0.3, -0.25) is 4.79 Å². The molecule has 200 valence electrons. The molecule has 4 rings (SSSR count). The molecule has 0 aliphatic rings. The molecule has 1 N–H and O–H groups in total. The predicted molar refractivity (Wildman–Crippen MR) is 150 cm³/mol. The highest BCUT2D eigenvalue weighted by Gasteiger charge is 2.13. The fourth-order valence-corrected chi connectivity index (χ4v) is 3.65. The Balaban J connectivity index is 1.28. The van der Waals surface area contributed by atoms with Crippen LogP contribution in [0.5, 0.6) is 23.0 Å². The van der Waals surface area contributed by atoms with Crippen molar-refractivity contribution in [3.8, 4) is 23.0 Å². The molecule has 8 heteroatoms. The molecule has 0 radical (unpaired) electrons. The lowest BCUT2D eigenvalue weighted by atomic mass is 10.1. The van der Waals surface area contributed by atoms with Gasteiger partial charge in [0.25, 0.3) is 5.91 Å². The number of benzene rings is 4. The van der Waals surface area contributed by atoms with Gasteiger partial charge in [0.2, 0.25) is 0 Å². The van der Waals surface area contributed by atoms with Crippen molar-refractivity contribution in [2.45, 2.75) is 19.8 Å². The number of hydrogen-bond donors (Lipinski definition) is 1. The lowest BCUT2D eigenvalue weighted by molar-refractivity contribution is -0.123. The maximum Gasteiger partial charge on any atom is 0.343 e. The summed E-state index contributed by atoms with van der Waals surface area (Å²) in [6.45, 7) is 2.55. The van der Waals surface area contributed by atoms with E-state index in [-0.39, 0.29) is 12.4 Å². The van der Waals surface area contributed by atoms with Crippen LogP contribution in [0, 0.1) is 0 Å². The van der Waals surface area contributed by atoms with E-state index in [2.05, 4.69) is 17.5 Å². The lowest BCUT2D eigenvalue weighted by Crippen LogP contribution is -2.24. The SMILES string of the molecule is CCCCOc1ccc(C(=O)Oc2ccc(/C=N/NC(=O)COc3ccc4ccccc4c3)cc2OC)cc1. The second kappa shape index (κ2) is 13.6. The van der Waals surface area contributed by atoms with Gasteiger partial charge in [0, 0.05) is 0 Å². The number of carbonyl (C=O) groups excluding carboxylic acids is 2. The van der Waals surface area contributed by atoms with Crippen molar-refractivity contribution in [3.05, 3.63) is 96.1 Å². The van der Waals surface area contributed by atoms with Crippen LogP contribution in [0.25, 0.3) is 10.8 Å². The fraction of sp³-hybridized carbons (Fsp3) is 0.194. The molecule has 0 bridgehead atoms. The Kier molecular flexibility index (Phi) is 9.50. The number of esters is 1. The predicted octanol–water partition coefficient (Wildman–Crippen LogP) is 5.78. The van der Waals surface area contributed by atoms with Crippen LogP contribution >= 0.6 is 0 Å². The average Bonchev–Trinajstić information content (AvgIpc) is 2.97. The molecule has 4 aromatic carbocycles. The van der Waals surface area contributed by atoms with Crippen LogP contribution in [0.4, 0.5) is 0 Å². The first-order chi connectivity index (χ1) is 19.1. The summed E-state index contributed by atoms with van der Waals surface area (Å²) >= 11 is 0. The number of fused-ring (bicyclic) bond motifs is 1. The van der Waals surface area contributed by atoms with Gasteiger partial charge in [0.05, 0.1) is 25.5 Å². The molecule has 0 aliphatic heterocycles. The molecule has 0 saturated heterocycles. The Morgan fingerprint density at radius 1 is 0.846 bits per heavy atom. The highest BCUT2D eigenvalue weighted by Crippen LogP contribution is 2.28. The van der Waals surface area contributed by atoms with E-state index >= 15 is 0 Å². The van der Waals surface area contributed by atoms with Crippen molar-refractivity contribution in [3.63, 3.8) is 0 Å². The minimum absolute atomic E-state index is 0.181. The van der Waals surface area contributed by atoms with E-state index in [1.54, 1.807) is 42.5 Å². The van der Waals surface area contributed by atoms with Crippen molar-refractivity contribution < 1.29 is 28.5 Å². The molecule has 8 nitrogen and oxygen atoms in total. The number of hydrogen-bond acceptors (Lipinski definition) is 7. The minimum Gasteiger partial charge on any atom is -0.494 e. The van der Waals surface area contributed by atoms with Gasteiger partial charge in [0.15, 0.2) is 18.1 Å². The summed E-state index contributed by atoms with van der Waals surface area (Å²) in [5, 5.41) is 6.10. The second-order valence-electron chi connectivity index (χ2n) is 8.62. The fourth-order valence-electron chi connectivity index (χ4n) is 3.65. The summed E-state index contributed by atoms with van der Waals surface area (Å²) < 4.78 is 22.1. The molecule has 0 fully saturated rings. The number of hydrazone groups is 1. The lowest BCUT2D eigenvalue weighted by Gasteiger charge is -2.10. The van der Waals surface area contributed by atoms with Crippen molar-refractivity contribution >= 4 is 28.9 Å². The zero-order valence-electron chi connectivity index (χ0n) is 21.9. The van der Waals surface area contributed by atoms with E-state index in [1.165, 1.54) is 13.3 Å². The molecular formula is C31H30N2O6. The number of nitrogens with zero attached hydrogens (tertiary/aromatic N) is 1. The van der Waals surface area contributed by atoms with Crippen molar-refractivity contribution in [1.82, 2.24) is 5.43 Å². The molecule has 0 saturated carbocycles. The van der Waals surface area contributed by atoms with E-state index in [0.717, 1.165) is 23.6 Å². The van der Waals surface area contributed by atoms with Gasteiger partial charge in [-0.15, -0.1) is 0 Å². The molecule has 0 spiro atoms. The van der Waals surface area contributed by atoms with Gasteiger partial charge in [-0.1, -0.05) is 43.7 Å². The molecule has 39 heavy (non-hydrogen) atoms. The van der Waals surface area contributed by atoms with E-state index in [4.69, 9.17) is 18.9 Å². The summed E-state index contributed by atoms with van der Waals surface area (Å²) in [6.07, 6.45) is 3.48. The second-order valence-corrected chi connectivity index (χ2v) is 8.62. The zero-order chi connectivity index (χ0) is 27.5. The summed E-state index contributed by atoms with van der Waals surface area (Å²) in [4.78, 5) is 24.8. The summed E-state index contributed by atoms with van der Waals surface area (Å²) in [5.74, 6) is 0.980. The van der Waals surface area contributed by atoms with Gasteiger partial charge >= 0.3 is 5.97 Å². The van der Waals surface area contributed by atoms with Gasteiger partial charge in [-0.05, 0) is 77.4 Å². The smallest absolute Gasteiger partial charge is 0.343 e. The van der Waals surface area contributed by atoms with Crippen LogP contribution in [0.1, 0.15) is 35.7 Å². The number of nitrogens with one attached hydrogen (secondary N) is 1. The van der Waals surface area contributed by atoms with Gasteiger partial charge in [-0.2, -0.15) is 5.10 Å². The topological polar surface area (TPSA) is 95.5 Å². The molecule has 0 unspecified atom stereocenters. The van der Waals surface area contributed by atoms with Crippen LogP contribution in [0.2, 0.25) is 0 Å². The maximum absolute atomic E-state index is 12.6. The normalized spacial score (nSPS) is 10.8. The first-order valence-electron chi connectivity index (χ1n) is 12.6. The first kappa shape index (κ1) is 27.2. The standard InChI is InChI=1S/C31H30N2O6/c1-3-4-17-37-26-13-11-24(12-14-26)31(35)39-28-16-9-22(18-29(28)36-2)20-32-33-30(34)21-38-27-15-10-23-7-5-6-8-25(23)19-27/h5-16,18-20H,3-4,17,21H2,1-2H3,(H,33,34)/b32-20+. The number of methoxy groups -OCH3 is 1. The molecule has 4 aromatic rings. The van der Waals surface area contributed by atoms with E-state index in [9.17, 15) is 9.59 Å². The molecular weight excluding hydrogens is 496 g/mol. The Hall–Kier alpha value is -4.85. The third kappa shape index (κ3) is 7.82. The van der Waals surface area contributed by atoms with Crippen LogP contribution in [-0.4, -0.2) is 38.4 Å².